The molecule has 2 N–H and O–H groups in total. The third-order valence-electron chi connectivity index (χ3n) is 3.01. The minimum Gasteiger partial charge on any atom is -0.348 e. The van der Waals surface area contributed by atoms with E-state index in [9.17, 15) is 19.2 Å². The first-order valence-corrected chi connectivity index (χ1v) is 6.78. The Balaban J connectivity index is 2.17. The molecule has 1 saturated heterocycles. The summed E-state index contributed by atoms with van der Waals surface area (Å²) in [5, 5.41) is 2.41. The molecule has 1 aromatic heterocycles. The molecule has 4 amide bonds. The van der Waals surface area contributed by atoms with Gasteiger partial charge in [0, 0.05) is 31.2 Å². The van der Waals surface area contributed by atoms with E-state index in [0.29, 0.717) is 10.6 Å². The van der Waals surface area contributed by atoms with Gasteiger partial charge in [-0.3, -0.25) is 19.2 Å². The van der Waals surface area contributed by atoms with E-state index in [1.54, 1.807) is 0 Å². The van der Waals surface area contributed by atoms with E-state index in [0.717, 1.165) is 0 Å². The van der Waals surface area contributed by atoms with Crippen LogP contribution in [0.15, 0.2) is 12.5 Å². The minimum atomic E-state index is -1.05. The molecule has 0 saturated carbocycles. The molecular weight excluding hydrogens is 300 g/mol. The lowest BCUT2D eigenvalue weighted by atomic mass is 10.1. The minimum absolute atomic E-state index is 0.00477. The third kappa shape index (κ3) is 3.46. The highest BCUT2D eigenvalue weighted by Gasteiger charge is 2.38. The first kappa shape index (κ1) is 15.2. The molecule has 1 fully saturated rings. The van der Waals surface area contributed by atoms with Crippen LogP contribution in [0.2, 0.25) is 0 Å². The molecule has 1 aliphatic rings. The Morgan fingerprint density at radius 3 is 2.57 bits per heavy atom. The monoisotopic (exact) mass is 312 g/mol. The highest BCUT2D eigenvalue weighted by atomic mass is 35.5. The average molecular weight is 313 g/mol. The molecular formula is C12H13ClN4O4. The van der Waals surface area contributed by atoms with Gasteiger partial charge in [-0.15, -0.1) is 11.6 Å². The Labute approximate surface area is 124 Å². The number of amides is 4. The van der Waals surface area contributed by atoms with E-state index in [2.05, 4.69) is 15.3 Å². The van der Waals surface area contributed by atoms with Gasteiger partial charge in [-0.1, -0.05) is 0 Å². The largest absolute Gasteiger partial charge is 0.348 e. The molecule has 112 valence electrons. The lowest BCUT2D eigenvalue weighted by Gasteiger charge is -2.21. The van der Waals surface area contributed by atoms with Crippen LogP contribution in [0.25, 0.3) is 0 Å². The predicted octanol–water partition coefficient (Wildman–Crippen LogP) is -0.649. The van der Waals surface area contributed by atoms with E-state index < -0.39 is 29.7 Å². The fourth-order valence-corrected chi connectivity index (χ4v) is 2.10. The molecule has 0 spiro atoms. The number of carbonyl (C=O) groups is 4. The van der Waals surface area contributed by atoms with Crippen LogP contribution in [0.3, 0.4) is 0 Å². The molecule has 0 aromatic carbocycles. The van der Waals surface area contributed by atoms with Crippen molar-refractivity contribution < 1.29 is 19.2 Å². The number of imidazole rings is 1. The van der Waals surface area contributed by atoms with Crippen molar-refractivity contribution in [3.8, 4) is 0 Å². The Kier molecular flexibility index (Phi) is 4.69. The van der Waals surface area contributed by atoms with Crippen LogP contribution in [0.1, 0.15) is 18.5 Å². The smallest absolute Gasteiger partial charge is 0.258 e. The van der Waals surface area contributed by atoms with Crippen molar-refractivity contribution in [2.75, 3.05) is 5.88 Å². The quantitative estimate of drug-likeness (QED) is 0.554. The lowest BCUT2D eigenvalue weighted by Crippen LogP contribution is -2.51. The maximum atomic E-state index is 12.3. The number of halogens is 1. The highest BCUT2D eigenvalue weighted by Crippen LogP contribution is 2.14. The fraction of sp³-hybridized carbons (Fsp3) is 0.417. The lowest BCUT2D eigenvalue weighted by molar-refractivity contribution is -0.151. The fourth-order valence-electron chi connectivity index (χ4n) is 2.03. The highest BCUT2D eigenvalue weighted by molar-refractivity contribution is 6.27. The Morgan fingerprint density at radius 2 is 2.05 bits per heavy atom. The van der Waals surface area contributed by atoms with Crippen molar-refractivity contribution in [3.63, 3.8) is 0 Å². The van der Waals surface area contributed by atoms with Gasteiger partial charge in [-0.05, 0) is 0 Å². The summed E-state index contributed by atoms with van der Waals surface area (Å²) in [6.45, 7) is 0. The Hall–Kier alpha value is -2.22. The second-order valence-corrected chi connectivity index (χ2v) is 4.76. The summed E-state index contributed by atoms with van der Waals surface area (Å²) in [5.41, 5.74) is 0.585. The molecule has 0 unspecified atom stereocenters. The zero-order valence-electron chi connectivity index (χ0n) is 11.0. The maximum absolute atomic E-state index is 12.3. The van der Waals surface area contributed by atoms with Crippen molar-refractivity contribution >= 4 is 35.2 Å². The van der Waals surface area contributed by atoms with E-state index in [1.165, 1.54) is 12.5 Å². The second kappa shape index (κ2) is 6.49. The van der Waals surface area contributed by atoms with Crippen LogP contribution in [-0.2, 0) is 25.6 Å². The zero-order chi connectivity index (χ0) is 15.4. The topological polar surface area (TPSA) is 112 Å². The molecule has 1 aromatic rings. The molecule has 1 atom stereocenters. The average Bonchev–Trinajstić information content (AvgIpc) is 3.07. The number of rotatable bonds is 5. The molecule has 0 bridgehead atoms. The van der Waals surface area contributed by atoms with Crippen LogP contribution in [0, 0.1) is 0 Å². The number of nitrogens with zero attached hydrogens (tertiary/aromatic N) is 2. The summed E-state index contributed by atoms with van der Waals surface area (Å²) < 4.78 is 0. The number of imide groups is 3. The summed E-state index contributed by atoms with van der Waals surface area (Å²) in [5.74, 6) is -2.75. The first-order valence-electron chi connectivity index (χ1n) is 6.25. The molecule has 0 aliphatic carbocycles. The standard InChI is InChI=1S/C12H13ClN4O4/c13-4-9(18)16-8(3-7-5-14-6-15-7)12(21)17-10(19)1-2-11(17)20/h5-6,8H,1-4H2,(H,14,15)(H,16,18)/t8-/m0/s1. The van der Waals surface area contributed by atoms with E-state index in [1.807, 2.05) is 0 Å². The third-order valence-corrected chi connectivity index (χ3v) is 3.25. The van der Waals surface area contributed by atoms with Crippen molar-refractivity contribution in [2.24, 2.45) is 0 Å². The van der Waals surface area contributed by atoms with Gasteiger partial charge in [0.05, 0.1) is 6.33 Å². The number of H-pyrrole nitrogens is 1. The first-order chi connectivity index (χ1) is 10.0. The summed E-state index contributed by atoms with van der Waals surface area (Å²) in [7, 11) is 0. The van der Waals surface area contributed by atoms with Crippen LogP contribution >= 0.6 is 11.6 Å². The van der Waals surface area contributed by atoms with Gasteiger partial charge in [0.15, 0.2) is 0 Å². The van der Waals surface area contributed by atoms with Crippen molar-refractivity contribution in [1.82, 2.24) is 20.2 Å². The number of hydrogen-bond donors (Lipinski definition) is 2. The van der Waals surface area contributed by atoms with Crippen LogP contribution in [-0.4, -0.2) is 50.4 Å². The van der Waals surface area contributed by atoms with E-state index >= 15 is 0 Å². The molecule has 21 heavy (non-hydrogen) atoms. The summed E-state index contributed by atoms with van der Waals surface area (Å²) in [4.78, 5) is 54.2. The molecule has 1 aliphatic heterocycles. The molecule has 2 heterocycles. The maximum Gasteiger partial charge on any atom is 0.258 e. The number of hydrogen-bond acceptors (Lipinski definition) is 5. The summed E-state index contributed by atoms with van der Waals surface area (Å²) in [6.07, 6.45) is 3.00. The Morgan fingerprint density at radius 1 is 1.38 bits per heavy atom. The SMILES string of the molecule is O=C(CCl)N[C@@H](Cc1cnc[nH]1)C(=O)N1C(=O)CCC1=O. The van der Waals surface area contributed by atoms with Crippen LogP contribution in [0.5, 0.6) is 0 Å². The molecule has 0 radical (unpaired) electrons. The van der Waals surface area contributed by atoms with Gasteiger partial charge in [0.25, 0.3) is 5.91 Å². The van der Waals surface area contributed by atoms with Gasteiger partial charge >= 0.3 is 0 Å². The van der Waals surface area contributed by atoms with Crippen molar-refractivity contribution in [2.45, 2.75) is 25.3 Å². The summed E-state index contributed by atoms with van der Waals surface area (Å²) in [6, 6.07) is -1.05. The predicted molar refractivity (Wildman–Crippen MR) is 71.0 cm³/mol. The van der Waals surface area contributed by atoms with E-state index in [4.69, 9.17) is 11.6 Å². The van der Waals surface area contributed by atoms with Crippen LogP contribution < -0.4 is 5.32 Å². The van der Waals surface area contributed by atoms with Crippen molar-refractivity contribution in [1.29, 1.82) is 0 Å². The van der Waals surface area contributed by atoms with Gasteiger partial charge in [0.1, 0.15) is 11.9 Å². The number of aromatic nitrogens is 2. The second-order valence-electron chi connectivity index (χ2n) is 4.50. The van der Waals surface area contributed by atoms with E-state index in [-0.39, 0.29) is 25.1 Å². The number of alkyl halides is 1. The van der Waals surface area contributed by atoms with Gasteiger partial charge in [-0.25, -0.2) is 9.88 Å². The normalized spacial score (nSPS) is 16.1. The zero-order valence-corrected chi connectivity index (χ0v) is 11.7. The van der Waals surface area contributed by atoms with Gasteiger partial charge in [-0.2, -0.15) is 0 Å². The summed E-state index contributed by atoms with van der Waals surface area (Å²) >= 11 is 5.41. The Bertz CT molecular complexity index is 556. The molecule has 9 heteroatoms. The number of likely N-dealkylation sites (tertiary alicyclic amines) is 1. The number of aromatic amines is 1. The van der Waals surface area contributed by atoms with Crippen LogP contribution in [0.4, 0.5) is 0 Å². The number of nitrogens with one attached hydrogen (secondary N) is 2. The van der Waals surface area contributed by atoms with Crippen molar-refractivity contribution in [3.05, 3.63) is 18.2 Å². The molecule has 2 rings (SSSR count). The van der Waals surface area contributed by atoms with Gasteiger partial charge in [0.2, 0.25) is 17.7 Å². The number of carbonyl (C=O) groups excluding carboxylic acids is 4. The molecule has 8 nitrogen and oxygen atoms in total. The van der Waals surface area contributed by atoms with Gasteiger partial charge < -0.3 is 10.3 Å².